The number of nitrogens with one attached hydrogen (secondary N) is 2. The zero-order valence-electron chi connectivity index (χ0n) is 14.3. The van der Waals surface area contributed by atoms with Crippen LogP contribution in [0.4, 0.5) is 4.79 Å². The first-order chi connectivity index (χ1) is 11.1. The van der Waals surface area contributed by atoms with Crippen LogP contribution in [0.1, 0.15) is 33.3 Å². The number of carbonyl (C=O) groups is 3. The lowest BCUT2D eigenvalue weighted by atomic mass is 10.1. The number of ether oxygens (including phenoxy) is 1. The molecule has 3 N–H and O–H groups in total. The maximum atomic E-state index is 12.3. The molecule has 24 heavy (non-hydrogen) atoms. The molecule has 0 fully saturated rings. The standard InChI is InChI=1S/C17H24N2O5/c1-11(15(21)22)18-14(20)13(10-12-8-6-5-7-9-12)19-16(23)24-17(2,3)4/h5-9,11,13H,10H2,1-4H3,(H,18,20)(H,19,23)(H,21,22). The average Bonchev–Trinajstić information content (AvgIpc) is 2.45. The Kier molecular flexibility index (Phi) is 6.76. The van der Waals surface area contributed by atoms with Gasteiger partial charge >= 0.3 is 12.1 Å². The van der Waals surface area contributed by atoms with Gasteiger partial charge in [0, 0.05) is 6.42 Å². The number of alkyl carbamates (subject to hydrolysis) is 1. The quantitative estimate of drug-likeness (QED) is 0.733. The van der Waals surface area contributed by atoms with E-state index in [1.165, 1.54) is 6.92 Å². The predicted molar refractivity (Wildman–Crippen MR) is 88.5 cm³/mol. The van der Waals surface area contributed by atoms with Crippen molar-refractivity contribution in [2.45, 2.75) is 51.8 Å². The van der Waals surface area contributed by atoms with Crippen LogP contribution < -0.4 is 10.6 Å². The third kappa shape index (κ3) is 7.13. The zero-order valence-corrected chi connectivity index (χ0v) is 14.3. The molecule has 0 aromatic heterocycles. The number of hydrogen-bond donors (Lipinski definition) is 3. The summed E-state index contributed by atoms with van der Waals surface area (Å²) in [6, 6.07) is 7.11. The normalized spacial score (nSPS) is 13.5. The number of carboxylic acid groups (broad SMARTS) is 1. The molecule has 2 amide bonds. The minimum absolute atomic E-state index is 0.220. The van der Waals surface area contributed by atoms with Crippen molar-refractivity contribution < 1.29 is 24.2 Å². The van der Waals surface area contributed by atoms with Gasteiger partial charge in [-0.25, -0.2) is 4.79 Å². The highest BCUT2D eigenvalue weighted by atomic mass is 16.6. The Labute approximate surface area is 141 Å². The van der Waals surface area contributed by atoms with Gasteiger partial charge in [-0.05, 0) is 33.3 Å². The molecule has 1 rings (SSSR count). The Hall–Kier alpha value is -2.57. The maximum Gasteiger partial charge on any atom is 0.408 e. The molecule has 2 atom stereocenters. The van der Waals surface area contributed by atoms with E-state index in [0.717, 1.165) is 5.56 Å². The van der Waals surface area contributed by atoms with Crippen LogP contribution in [0.15, 0.2) is 30.3 Å². The van der Waals surface area contributed by atoms with Crippen LogP contribution in [-0.2, 0) is 20.7 Å². The average molecular weight is 336 g/mol. The lowest BCUT2D eigenvalue weighted by molar-refractivity contribution is -0.141. The maximum absolute atomic E-state index is 12.3. The van der Waals surface area contributed by atoms with Gasteiger partial charge in [-0.3, -0.25) is 9.59 Å². The molecule has 2 unspecified atom stereocenters. The van der Waals surface area contributed by atoms with E-state index in [1.807, 2.05) is 30.3 Å². The molecule has 0 aliphatic rings. The van der Waals surface area contributed by atoms with Crippen LogP contribution in [0.2, 0.25) is 0 Å². The van der Waals surface area contributed by atoms with Crippen molar-refractivity contribution in [1.82, 2.24) is 10.6 Å². The summed E-state index contributed by atoms with van der Waals surface area (Å²) < 4.78 is 5.16. The van der Waals surface area contributed by atoms with Gasteiger partial charge in [-0.15, -0.1) is 0 Å². The first-order valence-corrected chi connectivity index (χ1v) is 7.65. The summed E-state index contributed by atoms with van der Waals surface area (Å²) in [6.45, 7) is 6.50. The summed E-state index contributed by atoms with van der Waals surface area (Å²) >= 11 is 0. The number of carbonyl (C=O) groups excluding carboxylic acids is 2. The van der Waals surface area contributed by atoms with Crippen LogP contribution in [0, 0.1) is 0 Å². The predicted octanol–water partition coefficient (Wildman–Crippen LogP) is 1.71. The highest BCUT2D eigenvalue weighted by molar-refractivity contribution is 5.89. The summed E-state index contributed by atoms with van der Waals surface area (Å²) in [6.07, 6.45) is -0.514. The summed E-state index contributed by atoms with van der Waals surface area (Å²) in [4.78, 5) is 35.2. The van der Waals surface area contributed by atoms with E-state index in [2.05, 4.69) is 10.6 Å². The van der Waals surface area contributed by atoms with Crippen molar-refractivity contribution in [2.24, 2.45) is 0 Å². The summed E-state index contributed by atoms with van der Waals surface area (Å²) in [5, 5.41) is 13.8. The molecule has 0 spiro atoms. The zero-order chi connectivity index (χ0) is 18.3. The second-order valence-corrected chi connectivity index (χ2v) is 6.46. The molecular formula is C17H24N2O5. The van der Waals surface area contributed by atoms with Crippen molar-refractivity contribution in [3.05, 3.63) is 35.9 Å². The van der Waals surface area contributed by atoms with Gasteiger partial charge < -0.3 is 20.5 Å². The second-order valence-electron chi connectivity index (χ2n) is 6.46. The first kappa shape index (κ1) is 19.5. The number of rotatable bonds is 6. The van der Waals surface area contributed by atoms with Crippen molar-refractivity contribution in [3.63, 3.8) is 0 Å². The molecule has 0 heterocycles. The van der Waals surface area contributed by atoms with E-state index >= 15 is 0 Å². The number of aliphatic carboxylic acids is 1. The third-order valence-electron chi connectivity index (χ3n) is 3.02. The lowest BCUT2D eigenvalue weighted by Crippen LogP contribution is -2.52. The van der Waals surface area contributed by atoms with Gasteiger partial charge in [-0.2, -0.15) is 0 Å². The molecular weight excluding hydrogens is 312 g/mol. The van der Waals surface area contributed by atoms with Crippen LogP contribution in [0.25, 0.3) is 0 Å². The van der Waals surface area contributed by atoms with Gasteiger partial charge in [0.05, 0.1) is 0 Å². The van der Waals surface area contributed by atoms with Gasteiger partial charge in [0.25, 0.3) is 0 Å². The van der Waals surface area contributed by atoms with Crippen LogP contribution in [0.5, 0.6) is 0 Å². The molecule has 0 saturated carbocycles. The molecule has 7 nitrogen and oxygen atoms in total. The molecule has 0 aliphatic heterocycles. The summed E-state index contributed by atoms with van der Waals surface area (Å²) in [7, 11) is 0. The van der Waals surface area contributed by atoms with E-state index in [0.29, 0.717) is 0 Å². The molecule has 0 aliphatic carbocycles. The van der Waals surface area contributed by atoms with E-state index in [1.54, 1.807) is 20.8 Å². The SMILES string of the molecule is CC(NC(=O)C(Cc1ccccc1)NC(=O)OC(C)(C)C)C(=O)O. The van der Waals surface area contributed by atoms with Gasteiger partial charge in [0.1, 0.15) is 17.7 Å². The number of benzene rings is 1. The smallest absolute Gasteiger partial charge is 0.408 e. The van der Waals surface area contributed by atoms with Crippen molar-refractivity contribution in [3.8, 4) is 0 Å². The van der Waals surface area contributed by atoms with E-state index in [4.69, 9.17) is 9.84 Å². The summed E-state index contributed by atoms with van der Waals surface area (Å²) in [5.41, 5.74) is 0.128. The van der Waals surface area contributed by atoms with Gasteiger partial charge in [-0.1, -0.05) is 30.3 Å². The molecule has 1 aromatic rings. The fraction of sp³-hybridized carbons (Fsp3) is 0.471. The topological polar surface area (TPSA) is 105 Å². The van der Waals surface area contributed by atoms with Crippen LogP contribution >= 0.6 is 0 Å². The van der Waals surface area contributed by atoms with E-state index in [-0.39, 0.29) is 6.42 Å². The second kappa shape index (κ2) is 8.33. The lowest BCUT2D eigenvalue weighted by Gasteiger charge is -2.24. The molecule has 0 saturated heterocycles. The van der Waals surface area contributed by atoms with Crippen molar-refractivity contribution in [1.29, 1.82) is 0 Å². The fourth-order valence-electron chi connectivity index (χ4n) is 1.88. The summed E-state index contributed by atoms with van der Waals surface area (Å²) in [5.74, 6) is -1.74. The Morgan fingerprint density at radius 3 is 2.21 bits per heavy atom. The number of carboxylic acids is 1. The third-order valence-corrected chi connectivity index (χ3v) is 3.02. The van der Waals surface area contributed by atoms with Gasteiger partial charge in [0.2, 0.25) is 5.91 Å². The largest absolute Gasteiger partial charge is 0.480 e. The monoisotopic (exact) mass is 336 g/mol. The van der Waals surface area contributed by atoms with E-state index in [9.17, 15) is 14.4 Å². The fourth-order valence-corrected chi connectivity index (χ4v) is 1.88. The molecule has 1 aromatic carbocycles. The Morgan fingerprint density at radius 1 is 1.12 bits per heavy atom. The highest BCUT2D eigenvalue weighted by Gasteiger charge is 2.26. The number of hydrogen-bond acceptors (Lipinski definition) is 4. The van der Waals surface area contributed by atoms with Crippen molar-refractivity contribution >= 4 is 18.0 Å². The minimum Gasteiger partial charge on any atom is -0.480 e. The van der Waals surface area contributed by atoms with Crippen molar-refractivity contribution in [2.75, 3.05) is 0 Å². The Morgan fingerprint density at radius 2 is 1.71 bits per heavy atom. The molecule has 0 radical (unpaired) electrons. The minimum atomic E-state index is -1.15. The number of amides is 2. The Bertz CT molecular complexity index is 580. The van der Waals surface area contributed by atoms with Crippen LogP contribution in [0.3, 0.4) is 0 Å². The molecule has 132 valence electrons. The van der Waals surface area contributed by atoms with Gasteiger partial charge in [0.15, 0.2) is 0 Å². The van der Waals surface area contributed by atoms with Crippen LogP contribution in [-0.4, -0.2) is 40.8 Å². The Balaban J connectivity index is 2.84. The first-order valence-electron chi connectivity index (χ1n) is 7.65. The molecule has 7 heteroatoms. The molecule has 0 bridgehead atoms. The highest BCUT2D eigenvalue weighted by Crippen LogP contribution is 2.09. The van der Waals surface area contributed by atoms with E-state index < -0.39 is 35.7 Å².